The van der Waals surface area contributed by atoms with E-state index in [4.69, 9.17) is 10.1 Å². The molecule has 1 fully saturated rings. The lowest BCUT2D eigenvalue weighted by Crippen LogP contribution is -2.23. The van der Waals surface area contributed by atoms with Crippen molar-refractivity contribution >= 4 is 43.6 Å². The highest BCUT2D eigenvalue weighted by Gasteiger charge is 2.27. The van der Waals surface area contributed by atoms with Gasteiger partial charge in [0.2, 0.25) is 5.95 Å². The van der Waals surface area contributed by atoms with Gasteiger partial charge in [-0.05, 0) is 74.5 Å². The number of nitrogens with one attached hydrogen (secondary N) is 1. The van der Waals surface area contributed by atoms with Crippen molar-refractivity contribution in [2.24, 2.45) is 0 Å². The molecule has 1 saturated heterocycles. The summed E-state index contributed by atoms with van der Waals surface area (Å²) in [5.41, 5.74) is 4.85. The fourth-order valence-corrected chi connectivity index (χ4v) is 6.20. The lowest BCUT2D eigenvalue weighted by molar-refractivity contribution is 0.432. The summed E-state index contributed by atoms with van der Waals surface area (Å²) >= 11 is 0. The summed E-state index contributed by atoms with van der Waals surface area (Å²) in [5, 5.41) is 18.5. The second kappa shape index (κ2) is 7.19. The van der Waals surface area contributed by atoms with E-state index in [-0.39, 0.29) is 0 Å². The summed E-state index contributed by atoms with van der Waals surface area (Å²) in [6, 6.07) is 6.48. The second-order valence-corrected chi connectivity index (χ2v) is 13.1. The van der Waals surface area contributed by atoms with Crippen molar-refractivity contribution in [3.63, 3.8) is 0 Å². The highest BCUT2D eigenvalue weighted by molar-refractivity contribution is 8.32. The first kappa shape index (κ1) is 19.2. The van der Waals surface area contributed by atoms with Gasteiger partial charge in [-0.15, -0.1) is 0 Å². The molecule has 0 radical (unpaired) electrons. The van der Waals surface area contributed by atoms with Crippen LogP contribution in [0.25, 0.3) is 21.9 Å². The molecule has 1 aliphatic rings. The summed E-state index contributed by atoms with van der Waals surface area (Å²) in [6.45, 7) is 4.09. The molecule has 0 atom stereocenters. The van der Waals surface area contributed by atoms with Crippen LogP contribution in [0.1, 0.15) is 30.1 Å². The van der Waals surface area contributed by atoms with Crippen LogP contribution in [0.4, 0.5) is 11.6 Å². The maximum Gasteiger partial charge on any atom is 0.229 e. The molecule has 0 saturated carbocycles. The zero-order valence-electron chi connectivity index (χ0n) is 17.9. The Bertz CT molecular complexity index is 1240. The minimum Gasteiger partial charge on any atom is -0.324 e. The van der Waals surface area contributed by atoms with Gasteiger partial charge in [-0.2, -0.15) is 20.3 Å². The summed E-state index contributed by atoms with van der Waals surface area (Å²) < 4.78 is 2.15. The topological polar surface area (TPSA) is 81.4 Å². The molecule has 3 aromatic heterocycles. The van der Waals surface area contributed by atoms with E-state index in [0.29, 0.717) is 12.0 Å². The number of aromatic nitrogens is 6. The van der Waals surface area contributed by atoms with Gasteiger partial charge >= 0.3 is 0 Å². The molecule has 7 nitrogen and oxygen atoms in total. The molecule has 0 bridgehead atoms. The van der Waals surface area contributed by atoms with Crippen LogP contribution < -0.4 is 5.32 Å². The molecule has 0 unspecified atom stereocenters. The number of fused-ring (bicyclic) bond motifs is 2. The van der Waals surface area contributed by atoms with Crippen LogP contribution in [0.15, 0.2) is 30.6 Å². The first-order valence-electron chi connectivity index (χ1n) is 10.3. The molecule has 0 spiro atoms. The van der Waals surface area contributed by atoms with Crippen LogP contribution in [0, 0.1) is 13.8 Å². The van der Waals surface area contributed by atoms with E-state index < -0.39 is 10.0 Å². The predicted octanol–water partition coefficient (Wildman–Crippen LogP) is 4.53. The van der Waals surface area contributed by atoms with Crippen LogP contribution >= 0.6 is 10.0 Å². The van der Waals surface area contributed by atoms with Gasteiger partial charge in [0.15, 0.2) is 5.65 Å². The van der Waals surface area contributed by atoms with Gasteiger partial charge < -0.3 is 5.32 Å². The van der Waals surface area contributed by atoms with Gasteiger partial charge in [0.1, 0.15) is 0 Å². The first-order valence-corrected chi connectivity index (χ1v) is 13.1. The lowest BCUT2D eigenvalue weighted by atomic mass is 10.1. The average Bonchev–Trinajstić information content (AvgIpc) is 3.04. The largest absolute Gasteiger partial charge is 0.324 e. The van der Waals surface area contributed by atoms with E-state index in [1.807, 2.05) is 25.3 Å². The second-order valence-electron chi connectivity index (χ2n) is 8.75. The monoisotopic (exact) mass is 421 g/mol. The molecule has 4 aromatic rings. The highest BCUT2D eigenvalue weighted by Crippen LogP contribution is 2.48. The van der Waals surface area contributed by atoms with Gasteiger partial charge in [0, 0.05) is 17.3 Å². The van der Waals surface area contributed by atoms with Gasteiger partial charge in [-0.1, -0.05) is 0 Å². The number of hydrogen-bond acceptors (Lipinski definition) is 6. The Kier molecular flexibility index (Phi) is 4.61. The minimum absolute atomic E-state index is 0.422. The third-order valence-corrected chi connectivity index (χ3v) is 8.77. The van der Waals surface area contributed by atoms with Crippen LogP contribution in [0.5, 0.6) is 0 Å². The van der Waals surface area contributed by atoms with E-state index in [2.05, 4.69) is 50.7 Å². The quantitative estimate of drug-likeness (QED) is 0.523. The summed E-state index contributed by atoms with van der Waals surface area (Å²) in [4.78, 5) is 9.45. The van der Waals surface area contributed by atoms with Gasteiger partial charge in [0.05, 0.1) is 28.8 Å². The standard InChI is InChI=1S/C22H27N7S/c1-14-11-20-16(5-8-24-27-20)12-19(14)25-22-23-13-18-15(2)28-29(21(18)26-22)17-6-9-30(3,4)10-7-17/h5,8,11-13,17H,6-7,9-10H2,1-4H3,(H,23,25,26). The summed E-state index contributed by atoms with van der Waals surface area (Å²) in [6.07, 6.45) is 10.8. The first-order chi connectivity index (χ1) is 14.4. The normalized spacial score (nSPS) is 18.0. The smallest absolute Gasteiger partial charge is 0.229 e. The maximum absolute atomic E-state index is 4.88. The Morgan fingerprint density at radius 1 is 1.13 bits per heavy atom. The van der Waals surface area contributed by atoms with E-state index in [0.717, 1.165) is 38.9 Å². The molecule has 4 heterocycles. The van der Waals surface area contributed by atoms with E-state index in [1.54, 1.807) is 6.20 Å². The molecule has 156 valence electrons. The number of anilines is 2. The SMILES string of the molecule is Cc1cc2nnccc2cc1Nc1ncc2c(C)nn(C3CCS(C)(C)CC3)c2n1. The molecule has 8 heteroatoms. The summed E-state index contributed by atoms with van der Waals surface area (Å²) in [7, 11) is -0.438. The lowest BCUT2D eigenvalue weighted by Gasteiger charge is -2.39. The van der Waals surface area contributed by atoms with Crippen LogP contribution in [0.3, 0.4) is 0 Å². The maximum atomic E-state index is 4.88. The summed E-state index contributed by atoms with van der Waals surface area (Å²) in [5.74, 6) is 3.19. The fourth-order valence-electron chi connectivity index (χ4n) is 4.18. The molecule has 1 N–H and O–H groups in total. The van der Waals surface area contributed by atoms with E-state index >= 15 is 0 Å². The Hall–Kier alpha value is -2.74. The van der Waals surface area contributed by atoms with Crippen molar-refractivity contribution in [3.8, 4) is 0 Å². The van der Waals surface area contributed by atoms with Crippen molar-refractivity contribution in [1.29, 1.82) is 0 Å². The van der Waals surface area contributed by atoms with Crippen molar-refractivity contribution in [2.75, 3.05) is 29.3 Å². The van der Waals surface area contributed by atoms with Gasteiger partial charge in [-0.3, -0.25) is 0 Å². The highest BCUT2D eigenvalue weighted by atomic mass is 32.3. The molecule has 30 heavy (non-hydrogen) atoms. The number of hydrogen-bond donors (Lipinski definition) is 1. The van der Waals surface area contributed by atoms with Crippen molar-refractivity contribution in [2.45, 2.75) is 32.7 Å². The molecule has 1 aliphatic heterocycles. The average molecular weight is 422 g/mol. The van der Waals surface area contributed by atoms with Crippen molar-refractivity contribution in [3.05, 3.63) is 41.9 Å². The molecule has 0 amide bonds. The van der Waals surface area contributed by atoms with Crippen LogP contribution in [0.2, 0.25) is 0 Å². The third-order valence-electron chi connectivity index (χ3n) is 6.09. The van der Waals surface area contributed by atoms with E-state index in [1.165, 1.54) is 24.3 Å². The molecular weight excluding hydrogens is 394 g/mol. The Balaban J connectivity index is 1.50. The predicted molar refractivity (Wildman–Crippen MR) is 125 cm³/mol. The third kappa shape index (κ3) is 3.49. The Labute approximate surface area is 177 Å². The van der Waals surface area contributed by atoms with Crippen molar-refractivity contribution < 1.29 is 0 Å². The molecule has 5 rings (SSSR count). The van der Waals surface area contributed by atoms with Crippen LogP contribution in [-0.4, -0.2) is 54.0 Å². The van der Waals surface area contributed by atoms with Gasteiger partial charge in [0.25, 0.3) is 0 Å². The fraction of sp³-hybridized carbons (Fsp3) is 0.409. The Morgan fingerprint density at radius 2 is 1.93 bits per heavy atom. The Morgan fingerprint density at radius 3 is 2.73 bits per heavy atom. The molecular formula is C22H27N7S. The number of benzene rings is 1. The van der Waals surface area contributed by atoms with Crippen LogP contribution in [-0.2, 0) is 0 Å². The zero-order chi connectivity index (χ0) is 20.9. The number of rotatable bonds is 3. The minimum atomic E-state index is -0.438. The van der Waals surface area contributed by atoms with Gasteiger partial charge in [-0.25, -0.2) is 19.7 Å². The number of nitrogens with zero attached hydrogens (tertiary/aromatic N) is 6. The molecule has 1 aromatic carbocycles. The zero-order valence-corrected chi connectivity index (χ0v) is 18.7. The van der Waals surface area contributed by atoms with E-state index in [9.17, 15) is 0 Å². The molecule has 0 aliphatic carbocycles. The number of aryl methyl sites for hydroxylation is 2. The van der Waals surface area contributed by atoms with Crippen molar-refractivity contribution in [1.82, 2.24) is 29.9 Å².